The normalized spacial score (nSPS) is 11.2. The Balaban J connectivity index is 1.97. The monoisotopic (exact) mass is 339 g/mol. The molecule has 1 heterocycles. The zero-order chi connectivity index (χ0) is 14.5. The van der Waals surface area contributed by atoms with Gasteiger partial charge in [-0.3, -0.25) is 4.68 Å². The molecule has 0 saturated heterocycles. The molecule has 1 N–H and O–H groups in total. The fourth-order valence-corrected chi connectivity index (χ4v) is 2.32. The zero-order valence-corrected chi connectivity index (χ0v) is 13.3. The van der Waals surface area contributed by atoms with E-state index in [1.807, 2.05) is 23.1 Å². The van der Waals surface area contributed by atoms with E-state index in [9.17, 15) is 4.39 Å². The molecule has 0 radical (unpaired) electrons. The third-order valence-electron chi connectivity index (χ3n) is 2.93. The van der Waals surface area contributed by atoms with Gasteiger partial charge in [0.2, 0.25) is 0 Å². The summed E-state index contributed by atoms with van der Waals surface area (Å²) < 4.78 is 15.8. The third kappa shape index (κ3) is 4.15. The second-order valence-corrected chi connectivity index (χ2v) is 6.08. The number of hydrogen-bond donors (Lipinski definition) is 1. The van der Waals surface area contributed by atoms with Crippen molar-refractivity contribution in [2.24, 2.45) is 5.92 Å². The van der Waals surface area contributed by atoms with E-state index in [0.717, 1.165) is 24.2 Å². The lowest BCUT2D eigenvalue weighted by atomic mass is 10.2. The predicted molar refractivity (Wildman–Crippen MR) is 82.0 cm³/mol. The topological polar surface area (TPSA) is 29.9 Å². The second kappa shape index (κ2) is 6.99. The van der Waals surface area contributed by atoms with E-state index in [1.165, 1.54) is 6.07 Å². The van der Waals surface area contributed by atoms with Gasteiger partial charge in [-0.25, -0.2) is 4.39 Å². The maximum absolute atomic E-state index is 13.4. The van der Waals surface area contributed by atoms with E-state index >= 15 is 0 Å². The maximum atomic E-state index is 13.4. The number of nitrogens with zero attached hydrogens (tertiary/aromatic N) is 2. The highest BCUT2D eigenvalue weighted by Crippen LogP contribution is 2.21. The molecule has 2 rings (SSSR count). The summed E-state index contributed by atoms with van der Waals surface area (Å²) in [7, 11) is 0. The van der Waals surface area contributed by atoms with E-state index in [1.54, 1.807) is 6.07 Å². The molecule has 20 heavy (non-hydrogen) atoms. The van der Waals surface area contributed by atoms with E-state index in [0.29, 0.717) is 16.9 Å². The summed E-state index contributed by atoms with van der Waals surface area (Å²) in [6.07, 6.45) is 3.84. The molecule has 0 aliphatic heterocycles. The van der Waals surface area contributed by atoms with Gasteiger partial charge in [0.1, 0.15) is 5.82 Å². The molecule has 0 unspecified atom stereocenters. The molecule has 0 saturated carbocycles. The highest BCUT2D eigenvalue weighted by molar-refractivity contribution is 9.10. The SMILES string of the molecule is CC(C)CNCc1cnn(Cc2cccc(F)c2Br)c1. The minimum Gasteiger partial charge on any atom is -0.312 e. The highest BCUT2D eigenvalue weighted by Gasteiger charge is 2.06. The van der Waals surface area contributed by atoms with Crippen molar-refractivity contribution in [1.29, 1.82) is 0 Å². The van der Waals surface area contributed by atoms with Crippen LogP contribution in [-0.2, 0) is 13.1 Å². The van der Waals surface area contributed by atoms with Crippen molar-refractivity contribution >= 4 is 15.9 Å². The molecule has 0 bridgehead atoms. The summed E-state index contributed by atoms with van der Waals surface area (Å²) in [6, 6.07) is 5.05. The van der Waals surface area contributed by atoms with E-state index < -0.39 is 0 Å². The summed E-state index contributed by atoms with van der Waals surface area (Å²) in [4.78, 5) is 0. The highest BCUT2D eigenvalue weighted by atomic mass is 79.9. The largest absolute Gasteiger partial charge is 0.312 e. The fraction of sp³-hybridized carbons (Fsp3) is 0.400. The van der Waals surface area contributed by atoms with E-state index in [2.05, 4.69) is 40.2 Å². The quantitative estimate of drug-likeness (QED) is 0.871. The molecule has 5 heteroatoms. The van der Waals surface area contributed by atoms with Gasteiger partial charge in [-0.1, -0.05) is 26.0 Å². The van der Waals surface area contributed by atoms with Gasteiger partial charge in [0.05, 0.1) is 17.2 Å². The molecular weight excluding hydrogens is 321 g/mol. The molecule has 1 aromatic heterocycles. The molecule has 3 nitrogen and oxygen atoms in total. The molecule has 2 aromatic rings. The van der Waals surface area contributed by atoms with Crippen LogP contribution in [-0.4, -0.2) is 16.3 Å². The summed E-state index contributed by atoms with van der Waals surface area (Å²) in [5, 5.41) is 7.69. The average Bonchev–Trinajstić information content (AvgIpc) is 2.82. The molecule has 0 aliphatic rings. The Hall–Kier alpha value is -1.20. The maximum Gasteiger partial charge on any atom is 0.137 e. The van der Waals surface area contributed by atoms with Crippen LogP contribution in [0.2, 0.25) is 0 Å². The van der Waals surface area contributed by atoms with Crippen LogP contribution < -0.4 is 5.32 Å². The van der Waals surface area contributed by atoms with Crippen LogP contribution in [0, 0.1) is 11.7 Å². The first kappa shape index (κ1) is 15.2. The van der Waals surface area contributed by atoms with Crippen LogP contribution in [0.4, 0.5) is 4.39 Å². The van der Waals surface area contributed by atoms with Crippen LogP contribution in [0.15, 0.2) is 35.1 Å². The van der Waals surface area contributed by atoms with Crippen molar-refractivity contribution in [3.05, 3.63) is 52.0 Å². The smallest absolute Gasteiger partial charge is 0.137 e. The van der Waals surface area contributed by atoms with Gasteiger partial charge in [0.15, 0.2) is 0 Å². The lowest BCUT2D eigenvalue weighted by Gasteiger charge is -2.06. The number of halogens is 2. The van der Waals surface area contributed by atoms with Gasteiger partial charge < -0.3 is 5.32 Å². The van der Waals surface area contributed by atoms with E-state index in [-0.39, 0.29) is 5.82 Å². The first-order chi connectivity index (χ1) is 9.56. The Morgan fingerprint density at radius 2 is 2.20 bits per heavy atom. The Labute approximate surface area is 127 Å². The van der Waals surface area contributed by atoms with Gasteiger partial charge in [-0.05, 0) is 40.0 Å². The van der Waals surface area contributed by atoms with Gasteiger partial charge in [-0.15, -0.1) is 0 Å². The predicted octanol–water partition coefficient (Wildman–Crippen LogP) is 3.58. The molecule has 0 aliphatic carbocycles. The molecule has 108 valence electrons. The zero-order valence-electron chi connectivity index (χ0n) is 11.7. The number of rotatable bonds is 6. The van der Waals surface area contributed by atoms with Crippen molar-refractivity contribution in [2.75, 3.05) is 6.54 Å². The Kier molecular flexibility index (Phi) is 5.31. The molecule has 0 atom stereocenters. The summed E-state index contributed by atoms with van der Waals surface area (Å²) in [5.41, 5.74) is 2.02. The lowest BCUT2D eigenvalue weighted by Crippen LogP contribution is -2.18. The lowest BCUT2D eigenvalue weighted by molar-refractivity contribution is 0.552. The van der Waals surface area contributed by atoms with Gasteiger partial charge in [0.25, 0.3) is 0 Å². The van der Waals surface area contributed by atoms with Crippen LogP contribution in [0.3, 0.4) is 0 Å². The molecule has 0 amide bonds. The van der Waals surface area contributed by atoms with Crippen molar-refractivity contribution in [3.63, 3.8) is 0 Å². The average molecular weight is 340 g/mol. The minimum absolute atomic E-state index is 0.242. The Bertz CT molecular complexity index is 566. The van der Waals surface area contributed by atoms with Crippen molar-refractivity contribution in [3.8, 4) is 0 Å². The fourth-order valence-electron chi connectivity index (χ4n) is 1.93. The van der Waals surface area contributed by atoms with Crippen LogP contribution in [0.1, 0.15) is 25.0 Å². The summed E-state index contributed by atoms with van der Waals surface area (Å²) in [5.74, 6) is 0.391. The number of nitrogens with one attached hydrogen (secondary N) is 1. The van der Waals surface area contributed by atoms with E-state index in [4.69, 9.17) is 0 Å². The van der Waals surface area contributed by atoms with Gasteiger partial charge in [0, 0.05) is 18.3 Å². The minimum atomic E-state index is -0.242. The van der Waals surface area contributed by atoms with Crippen LogP contribution in [0.5, 0.6) is 0 Å². The van der Waals surface area contributed by atoms with Gasteiger partial charge in [-0.2, -0.15) is 5.10 Å². The van der Waals surface area contributed by atoms with Crippen LogP contribution >= 0.6 is 15.9 Å². The second-order valence-electron chi connectivity index (χ2n) is 5.28. The van der Waals surface area contributed by atoms with Crippen molar-refractivity contribution in [2.45, 2.75) is 26.9 Å². The number of aromatic nitrogens is 2. The van der Waals surface area contributed by atoms with Crippen molar-refractivity contribution < 1.29 is 4.39 Å². The first-order valence-electron chi connectivity index (χ1n) is 6.71. The molecule has 1 aromatic carbocycles. The summed E-state index contributed by atoms with van der Waals surface area (Å²) in [6.45, 7) is 6.71. The molecular formula is C15H19BrFN3. The summed E-state index contributed by atoms with van der Waals surface area (Å²) >= 11 is 3.27. The molecule has 0 fully saturated rings. The molecule has 0 spiro atoms. The van der Waals surface area contributed by atoms with Gasteiger partial charge >= 0.3 is 0 Å². The third-order valence-corrected chi connectivity index (χ3v) is 3.82. The standard InChI is InChI=1S/C15H19BrFN3/c1-11(2)6-18-7-12-8-19-20(9-12)10-13-4-3-5-14(17)15(13)16/h3-5,8-9,11,18H,6-7,10H2,1-2H3. The van der Waals surface area contributed by atoms with Crippen molar-refractivity contribution in [1.82, 2.24) is 15.1 Å². The number of hydrogen-bond acceptors (Lipinski definition) is 2. The number of benzene rings is 1. The Morgan fingerprint density at radius 1 is 1.40 bits per heavy atom. The first-order valence-corrected chi connectivity index (χ1v) is 7.50. The van der Waals surface area contributed by atoms with Crippen LogP contribution in [0.25, 0.3) is 0 Å². The Morgan fingerprint density at radius 3 is 2.95 bits per heavy atom.